The third-order valence-corrected chi connectivity index (χ3v) is 2.22. The van der Waals surface area contributed by atoms with E-state index in [-0.39, 0.29) is 11.4 Å². The summed E-state index contributed by atoms with van der Waals surface area (Å²) in [5.41, 5.74) is -0.198. The van der Waals surface area contributed by atoms with Gasteiger partial charge in [0.15, 0.2) is 5.01 Å². The highest BCUT2D eigenvalue weighted by molar-refractivity contribution is 7.13. The van der Waals surface area contributed by atoms with E-state index in [9.17, 15) is 4.79 Å². The van der Waals surface area contributed by atoms with E-state index in [2.05, 4.69) is 10.3 Å². The van der Waals surface area contributed by atoms with Crippen LogP contribution in [0.25, 0.3) is 0 Å². The molecule has 0 bridgehead atoms. The predicted octanol–water partition coefficient (Wildman–Crippen LogP) is 1.98. The fourth-order valence-electron chi connectivity index (χ4n) is 0.854. The summed E-state index contributed by atoms with van der Waals surface area (Å²) in [6, 6.07) is 0. The van der Waals surface area contributed by atoms with Gasteiger partial charge in [-0.3, -0.25) is 4.79 Å². The van der Waals surface area contributed by atoms with Gasteiger partial charge in [0.05, 0.1) is 0 Å². The average molecular weight is 198 g/mol. The van der Waals surface area contributed by atoms with Gasteiger partial charge < -0.3 is 5.32 Å². The van der Waals surface area contributed by atoms with Crippen molar-refractivity contribution in [2.45, 2.75) is 33.2 Å². The third-order valence-electron chi connectivity index (χ3n) is 1.30. The molecular weight excluding hydrogens is 184 g/mol. The van der Waals surface area contributed by atoms with E-state index >= 15 is 0 Å². The van der Waals surface area contributed by atoms with Crippen LogP contribution in [0.1, 0.15) is 35.5 Å². The van der Waals surface area contributed by atoms with Crippen molar-refractivity contribution in [2.75, 3.05) is 0 Å². The van der Waals surface area contributed by atoms with Crippen molar-refractivity contribution in [3.8, 4) is 0 Å². The zero-order chi connectivity index (χ0) is 10.1. The Bertz CT molecular complexity index is 312. The van der Waals surface area contributed by atoms with Crippen molar-refractivity contribution in [2.24, 2.45) is 0 Å². The van der Waals surface area contributed by atoms with E-state index < -0.39 is 0 Å². The molecule has 1 N–H and O–H groups in total. The third kappa shape index (κ3) is 3.14. The Labute approximate surface area is 82.2 Å². The number of aryl methyl sites for hydroxylation is 1. The quantitative estimate of drug-likeness (QED) is 0.749. The molecule has 0 aliphatic carbocycles. The standard InChI is InChI=1S/C9H14N2OS/c1-6-5-10-8(13-6)7(12)11-9(2,3)4/h5H,1-4H3,(H,11,12). The summed E-state index contributed by atoms with van der Waals surface area (Å²) in [6.07, 6.45) is 1.71. The van der Waals surface area contributed by atoms with E-state index in [4.69, 9.17) is 0 Å². The molecule has 0 aliphatic rings. The molecule has 0 aromatic carbocycles. The van der Waals surface area contributed by atoms with Gasteiger partial charge in [0.1, 0.15) is 0 Å². The molecule has 1 amide bonds. The maximum Gasteiger partial charge on any atom is 0.280 e. The lowest BCUT2D eigenvalue weighted by Crippen LogP contribution is -2.40. The fraction of sp³-hybridized carbons (Fsp3) is 0.556. The first-order valence-corrected chi connectivity index (χ1v) is 4.95. The van der Waals surface area contributed by atoms with Crippen LogP contribution in [-0.4, -0.2) is 16.4 Å². The van der Waals surface area contributed by atoms with Crippen LogP contribution < -0.4 is 5.32 Å². The topological polar surface area (TPSA) is 42.0 Å². The van der Waals surface area contributed by atoms with E-state index in [1.165, 1.54) is 11.3 Å². The van der Waals surface area contributed by atoms with Crippen molar-refractivity contribution in [3.63, 3.8) is 0 Å². The number of carbonyl (C=O) groups is 1. The Kier molecular flexibility index (Phi) is 2.71. The molecule has 0 fully saturated rings. The van der Waals surface area contributed by atoms with Crippen molar-refractivity contribution >= 4 is 17.2 Å². The molecule has 0 saturated carbocycles. The van der Waals surface area contributed by atoms with Gasteiger partial charge in [-0.15, -0.1) is 11.3 Å². The molecule has 0 saturated heterocycles. The summed E-state index contributed by atoms with van der Waals surface area (Å²) in [5.74, 6) is -0.0920. The highest BCUT2D eigenvalue weighted by Gasteiger charge is 2.17. The average Bonchev–Trinajstić information content (AvgIpc) is 2.31. The number of amides is 1. The van der Waals surface area contributed by atoms with E-state index in [1.54, 1.807) is 6.20 Å². The van der Waals surface area contributed by atoms with E-state index in [0.29, 0.717) is 5.01 Å². The van der Waals surface area contributed by atoms with E-state index in [1.807, 2.05) is 27.7 Å². The van der Waals surface area contributed by atoms with Gasteiger partial charge in [0, 0.05) is 16.6 Å². The van der Waals surface area contributed by atoms with Crippen LogP contribution in [0, 0.1) is 6.92 Å². The summed E-state index contributed by atoms with van der Waals surface area (Å²) >= 11 is 1.41. The summed E-state index contributed by atoms with van der Waals surface area (Å²) in [5, 5.41) is 3.39. The lowest BCUT2D eigenvalue weighted by molar-refractivity contribution is 0.0919. The molecule has 1 aromatic rings. The van der Waals surface area contributed by atoms with Crippen molar-refractivity contribution < 1.29 is 4.79 Å². The van der Waals surface area contributed by atoms with Gasteiger partial charge in [-0.2, -0.15) is 0 Å². The zero-order valence-electron chi connectivity index (χ0n) is 8.34. The molecule has 4 heteroatoms. The first-order chi connectivity index (χ1) is 5.88. The summed E-state index contributed by atoms with van der Waals surface area (Å²) in [7, 11) is 0. The summed E-state index contributed by atoms with van der Waals surface area (Å²) < 4.78 is 0. The van der Waals surface area contributed by atoms with E-state index in [0.717, 1.165) is 4.88 Å². The molecule has 72 valence electrons. The van der Waals surface area contributed by atoms with Gasteiger partial charge in [-0.1, -0.05) is 0 Å². The highest BCUT2D eigenvalue weighted by Crippen LogP contribution is 2.12. The largest absolute Gasteiger partial charge is 0.345 e. The number of rotatable bonds is 1. The SMILES string of the molecule is Cc1cnc(C(=O)NC(C)(C)C)s1. The van der Waals surface area contributed by atoms with Crippen LogP contribution >= 0.6 is 11.3 Å². The van der Waals surface area contributed by atoms with Crippen LogP contribution in [0.5, 0.6) is 0 Å². The second-order valence-corrected chi connectivity index (χ2v) is 5.21. The second kappa shape index (κ2) is 3.46. The van der Waals surface area contributed by atoms with Gasteiger partial charge in [-0.25, -0.2) is 4.98 Å². The number of nitrogens with zero attached hydrogens (tertiary/aromatic N) is 1. The molecule has 13 heavy (non-hydrogen) atoms. The Balaban J connectivity index is 2.70. The molecule has 1 heterocycles. The normalized spacial score (nSPS) is 11.4. The first-order valence-electron chi connectivity index (χ1n) is 4.13. The van der Waals surface area contributed by atoms with Crippen LogP contribution in [0.15, 0.2) is 6.20 Å². The lowest BCUT2D eigenvalue weighted by atomic mass is 10.1. The molecule has 0 atom stereocenters. The smallest absolute Gasteiger partial charge is 0.280 e. The Morgan fingerprint density at radius 3 is 2.54 bits per heavy atom. The highest BCUT2D eigenvalue weighted by atomic mass is 32.1. The molecular formula is C9H14N2OS. The zero-order valence-corrected chi connectivity index (χ0v) is 9.16. The number of nitrogens with one attached hydrogen (secondary N) is 1. The second-order valence-electron chi connectivity index (χ2n) is 3.98. The van der Waals surface area contributed by atoms with Gasteiger partial charge in [0.25, 0.3) is 5.91 Å². The summed E-state index contributed by atoms with van der Waals surface area (Å²) in [4.78, 5) is 16.6. The number of carbonyl (C=O) groups excluding carboxylic acids is 1. The van der Waals surface area contributed by atoms with Crippen LogP contribution in [0.4, 0.5) is 0 Å². The molecule has 0 aliphatic heterocycles. The predicted molar refractivity (Wildman–Crippen MR) is 54.1 cm³/mol. The van der Waals surface area contributed by atoms with Gasteiger partial charge in [0.2, 0.25) is 0 Å². The Morgan fingerprint density at radius 2 is 2.15 bits per heavy atom. The number of hydrogen-bond donors (Lipinski definition) is 1. The number of aromatic nitrogens is 1. The lowest BCUT2D eigenvalue weighted by Gasteiger charge is -2.19. The molecule has 0 spiro atoms. The van der Waals surface area contributed by atoms with Crippen LogP contribution in [-0.2, 0) is 0 Å². The monoisotopic (exact) mass is 198 g/mol. The maximum atomic E-state index is 11.5. The molecule has 1 rings (SSSR count). The minimum Gasteiger partial charge on any atom is -0.345 e. The molecule has 0 unspecified atom stereocenters. The Morgan fingerprint density at radius 1 is 1.54 bits per heavy atom. The fourth-order valence-corrected chi connectivity index (χ4v) is 1.51. The minimum atomic E-state index is -0.198. The number of hydrogen-bond acceptors (Lipinski definition) is 3. The minimum absolute atomic E-state index is 0.0920. The maximum absolute atomic E-state index is 11.5. The van der Waals surface area contributed by atoms with Gasteiger partial charge in [-0.05, 0) is 27.7 Å². The van der Waals surface area contributed by atoms with Crippen molar-refractivity contribution in [1.29, 1.82) is 0 Å². The van der Waals surface area contributed by atoms with Crippen molar-refractivity contribution in [1.82, 2.24) is 10.3 Å². The van der Waals surface area contributed by atoms with Gasteiger partial charge >= 0.3 is 0 Å². The Hall–Kier alpha value is -0.900. The first kappa shape index (κ1) is 10.2. The van der Waals surface area contributed by atoms with Crippen LogP contribution in [0.2, 0.25) is 0 Å². The molecule has 3 nitrogen and oxygen atoms in total. The molecule has 0 radical (unpaired) electrons. The summed E-state index contributed by atoms with van der Waals surface area (Å²) in [6.45, 7) is 7.79. The number of thiazole rings is 1. The van der Waals surface area contributed by atoms with Crippen molar-refractivity contribution in [3.05, 3.63) is 16.1 Å². The van der Waals surface area contributed by atoms with Crippen LogP contribution in [0.3, 0.4) is 0 Å². The molecule has 1 aromatic heterocycles.